The second kappa shape index (κ2) is 10.9. The third kappa shape index (κ3) is 8.35. The lowest BCUT2D eigenvalue weighted by Gasteiger charge is -2.15. The molecule has 0 spiro atoms. The smallest absolute Gasteiger partial charge is 0.240 e. The van der Waals surface area contributed by atoms with Gasteiger partial charge in [-0.15, -0.1) is 0 Å². The molecule has 0 aromatic carbocycles. The number of aliphatic hydroxyl groups is 1. The summed E-state index contributed by atoms with van der Waals surface area (Å²) in [7, 11) is 1.92. The molecule has 6 nitrogen and oxygen atoms in total. The van der Waals surface area contributed by atoms with Gasteiger partial charge >= 0.3 is 0 Å². The normalized spacial score (nSPS) is 11.0. The van der Waals surface area contributed by atoms with E-state index in [9.17, 15) is 4.79 Å². The van der Waals surface area contributed by atoms with E-state index < -0.39 is 0 Å². The van der Waals surface area contributed by atoms with Gasteiger partial charge in [-0.05, 0) is 39.3 Å². The summed E-state index contributed by atoms with van der Waals surface area (Å²) in [5.41, 5.74) is 0. The zero-order valence-corrected chi connectivity index (χ0v) is 14.3. The molecule has 1 aromatic rings. The third-order valence-corrected chi connectivity index (χ3v) is 4.50. The van der Waals surface area contributed by atoms with E-state index in [4.69, 9.17) is 5.11 Å². The first-order valence-corrected chi connectivity index (χ1v) is 8.97. The maximum absolute atomic E-state index is 11.9. The molecular formula is C13H24N4O2S2. The van der Waals surface area contributed by atoms with E-state index in [0.29, 0.717) is 11.7 Å². The summed E-state index contributed by atoms with van der Waals surface area (Å²) in [5, 5.41) is 12.8. The van der Waals surface area contributed by atoms with Crippen LogP contribution >= 0.6 is 23.3 Å². The Morgan fingerprint density at radius 1 is 1.43 bits per heavy atom. The molecule has 0 fully saturated rings. The van der Waals surface area contributed by atoms with Gasteiger partial charge in [-0.25, -0.2) is 0 Å². The minimum atomic E-state index is -0.0668. The van der Waals surface area contributed by atoms with Crippen molar-refractivity contribution in [2.75, 3.05) is 37.8 Å². The number of hydrogen-bond acceptors (Lipinski definition) is 7. The van der Waals surface area contributed by atoms with Crippen molar-refractivity contribution in [3.05, 3.63) is 0 Å². The van der Waals surface area contributed by atoms with Crippen LogP contribution in [0.15, 0.2) is 5.16 Å². The molecule has 0 saturated carbocycles. The Morgan fingerprint density at radius 3 is 2.95 bits per heavy atom. The fourth-order valence-corrected chi connectivity index (χ4v) is 3.08. The van der Waals surface area contributed by atoms with Gasteiger partial charge in [0, 0.05) is 23.9 Å². The molecule has 2 N–H and O–H groups in total. The first-order valence-electron chi connectivity index (χ1n) is 7.21. The number of likely N-dealkylation sites (N-methyl/N-ethyl adjacent to an activating group) is 1. The van der Waals surface area contributed by atoms with Crippen molar-refractivity contribution >= 4 is 34.3 Å². The van der Waals surface area contributed by atoms with Gasteiger partial charge in [-0.2, -0.15) is 9.36 Å². The molecule has 120 valence electrons. The molecule has 8 heteroatoms. The Labute approximate surface area is 134 Å². The van der Waals surface area contributed by atoms with Gasteiger partial charge in [0.05, 0.1) is 6.54 Å². The van der Waals surface area contributed by atoms with E-state index in [2.05, 4.69) is 21.6 Å². The largest absolute Gasteiger partial charge is 0.396 e. The van der Waals surface area contributed by atoms with E-state index in [-0.39, 0.29) is 12.5 Å². The number of amides is 1. The second-order valence-corrected chi connectivity index (χ2v) is 6.61. The maximum Gasteiger partial charge on any atom is 0.240 e. The Hall–Kier alpha value is -0.700. The number of aliphatic hydroxyl groups excluding tert-OH is 1. The van der Waals surface area contributed by atoms with Crippen molar-refractivity contribution in [2.24, 2.45) is 0 Å². The van der Waals surface area contributed by atoms with E-state index in [0.717, 1.165) is 43.1 Å². The third-order valence-electron chi connectivity index (χ3n) is 2.70. The van der Waals surface area contributed by atoms with Gasteiger partial charge in [-0.1, -0.05) is 18.7 Å². The van der Waals surface area contributed by atoms with E-state index in [1.54, 1.807) is 11.8 Å². The van der Waals surface area contributed by atoms with Crippen LogP contribution in [-0.4, -0.2) is 57.8 Å². The van der Waals surface area contributed by atoms with Crippen LogP contribution in [0.4, 0.5) is 5.13 Å². The minimum absolute atomic E-state index is 0.0668. The number of thioether (sulfide) groups is 1. The standard InChI is InChI=1S/C13H24N4O2S2/c1-3-9-20-13-15-12(21-16-13)14-11(19)10-17(2)7-5-4-6-8-18/h18H,3-10H2,1-2H3,(H,14,15,16,19). The monoisotopic (exact) mass is 332 g/mol. The molecule has 1 rings (SSSR count). The molecule has 0 bridgehead atoms. The summed E-state index contributed by atoms with van der Waals surface area (Å²) in [6.07, 6.45) is 3.87. The summed E-state index contributed by atoms with van der Waals surface area (Å²) >= 11 is 2.82. The van der Waals surface area contributed by atoms with Gasteiger partial charge in [0.15, 0.2) is 0 Å². The summed E-state index contributed by atoms with van der Waals surface area (Å²) in [5.74, 6) is 0.920. The highest BCUT2D eigenvalue weighted by Gasteiger charge is 2.10. The molecule has 1 heterocycles. The van der Waals surface area contributed by atoms with Gasteiger partial charge in [0.25, 0.3) is 0 Å². The number of unbranched alkanes of at least 4 members (excludes halogenated alkanes) is 2. The Balaban J connectivity index is 2.24. The minimum Gasteiger partial charge on any atom is -0.396 e. The van der Waals surface area contributed by atoms with Crippen LogP contribution in [0.2, 0.25) is 0 Å². The SMILES string of the molecule is CCCSc1nsc(NC(=O)CN(C)CCCCCO)n1. The van der Waals surface area contributed by atoms with Gasteiger partial charge in [0.1, 0.15) is 0 Å². The lowest BCUT2D eigenvalue weighted by atomic mass is 10.2. The lowest BCUT2D eigenvalue weighted by Crippen LogP contribution is -2.30. The van der Waals surface area contributed by atoms with Crippen LogP contribution in [0.25, 0.3) is 0 Å². The average molecular weight is 332 g/mol. The van der Waals surface area contributed by atoms with Crippen molar-refractivity contribution in [1.82, 2.24) is 14.3 Å². The number of hydrogen-bond donors (Lipinski definition) is 2. The molecule has 0 aliphatic carbocycles. The first kappa shape index (κ1) is 18.3. The van der Waals surface area contributed by atoms with Gasteiger partial charge < -0.3 is 5.11 Å². The first-order chi connectivity index (χ1) is 10.2. The maximum atomic E-state index is 11.9. The topological polar surface area (TPSA) is 78.4 Å². The molecule has 0 radical (unpaired) electrons. The molecule has 21 heavy (non-hydrogen) atoms. The fourth-order valence-electron chi connectivity index (χ4n) is 1.67. The molecule has 0 aliphatic heterocycles. The van der Waals surface area contributed by atoms with Crippen molar-refractivity contribution in [3.8, 4) is 0 Å². The van der Waals surface area contributed by atoms with Crippen LogP contribution in [0.5, 0.6) is 0 Å². The van der Waals surface area contributed by atoms with E-state index in [1.165, 1.54) is 11.5 Å². The number of carbonyl (C=O) groups excluding carboxylic acids is 1. The highest BCUT2D eigenvalue weighted by atomic mass is 32.2. The van der Waals surface area contributed by atoms with Crippen LogP contribution in [0.1, 0.15) is 32.6 Å². The Morgan fingerprint density at radius 2 is 2.24 bits per heavy atom. The summed E-state index contributed by atoms with van der Waals surface area (Å²) in [4.78, 5) is 18.1. The number of carbonyl (C=O) groups is 1. The zero-order chi connectivity index (χ0) is 15.5. The van der Waals surface area contributed by atoms with Gasteiger partial charge in [-0.3, -0.25) is 15.0 Å². The highest BCUT2D eigenvalue weighted by Crippen LogP contribution is 2.20. The molecular weight excluding hydrogens is 308 g/mol. The van der Waals surface area contributed by atoms with Crippen LogP contribution in [0, 0.1) is 0 Å². The molecule has 1 aromatic heterocycles. The van der Waals surface area contributed by atoms with Crippen molar-refractivity contribution in [3.63, 3.8) is 0 Å². The second-order valence-electron chi connectivity index (χ2n) is 4.80. The fraction of sp³-hybridized carbons (Fsp3) is 0.769. The predicted molar refractivity (Wildman–Crippen MR) is 88.0 cm³/mol. The van der Waals surface area contributed by atoms with Crippen LogP contribution in [-0.2, 0) is 4.79 Å². The molecule has 1 amide bonds. The van der Waals surface area contributed by atoms with Crippen LogP contribution in [0.3, 0.4) is 0 Å². The predicted octanol–water partition coefficient (Wildman–Crippen LogP) is 2.07. The van der Waals surface area contributed by atoms with Crippen molar-refractivity contribution in [2.45, 2.75) is 37.8 Å². The Bertz CT molecular complexity index is 415. The van der Waals surface area contributed by atoms with E-state index >= 15 is 0 Å². The summed E-state index contributed by atoms with van der Waals surface area (Å²) < 4.78 is 4.20. The molecule has 0 saturated heterocycles. The number of rotatable bonds is 11. The number of nitrogens with zero attached hydrogens (tertiary/aromatic N) is 3. The van der Waals surface area contributed by atoms with E-state index in [1.807, 2.05) is 11.9 Å². The van der Waals surface area contributed by atoms with Crippen LogP contribution < -0.4 is 5.32 Å². The Kier molecular flexibility index (Phi) is 9.56. The molecule has 0 atom stereocenters. The summed E-state index contributed by atoms with van der Waals surface area (Å²) in [6, 6.07) is 0. The summed E-state index contributed by atoms with van der Waals surface area (Å²) in [6.45, 7) is 3.54. The van der Waals surface area contributed by atoms with Crippen molar-refractivity contribution in [1.29, 1.82) is 0 Å². The zero-order valence-electron chi connectivity index (χ0n) is 12.7. The quantitative estimate of drug-likeness (QED) is 0.477. The number of anilines is 1. The van der Waals surface area contributed by atoms with Gasteiger partial charge in [0.2, 0.25) is 16.2 Å². The average Bonchev–Trinajstić information content (AvgIpc) is 2.88. The lowest BCUT2D eigenvalue weighted by molar-refractivity contribution is -0.117. The molecule has 0 aliphatic rings. The number of aromatic nitrogens is 2. The van der Waals surface area contributed by atoms with Crippen molar-refractivity contribution < 1.29 is 9.90 Å². The highest BCUT2D eigenvalue weighted by molar-refractivity contribution is 7.99. The number of nitrogens with one attached hydrogen (secondary N) is 1. The molecule has 0 unspecified atom stereocenters.